The molecule has 102 valence electrons. The SMILES string of the molecule is NC(=O)C1(CC=O)CC1c1ncccc1C(F)(F)F. The molecule has 1 aromatic heterocycles. The lowest BCUT2D eigenvalue weighted by Crippen LogP contribution is -2.27. The topological polar surface area (TPSA) is 73.1 Å². The van der Waals surface area contributed by atoms with E-state index in [1.54, 1.807) is 0 Å². The Balaban J connectivity index is 2.41. The fraction of sp³-hybridized carbons (Fsp3) is 0.417. The predicted octanol–water partition coefficient (Wildman–Crippen LogP) is 1.65. The van der Waals surface area contributed by atoms with Crippen LogP contribution in [0.3, 0.4) is 0 Å². The van der Waals surface area contributed by atoms with Crippen LogP contribution >= 0.6 is 0 Å². The number of halogens is 3. The first-order valence-corrected chi connectivity index (χ1v) is 5.58. The second kappa shape index (κ2) is 4.32. The van der Waals surface area contributed by atoms with E-state index in [0.29, 0.717) is 6.29 Å². The molecule has 0 radical (unpaired) electrons. The van der Waals surface area contributed by atoms with Crippen LogP contribution in [-0.2, 0) is 15.8 Å². The number of aldehydes is 1. The molecule has 0 aliphatic heterocycles. The zero-order valence-corrected chi connectivity index (χ0v) is 9.78. The first-order valence-electron chi connectivity index (χ1n) is 5.58. The van der Waals surface area contributed by atoms with Crippen LogP contribution < -0.4 is 5.73 Å². The standard InChI is InChI=1S/C12H11F3N2O2/c13-12(14,15)7-2-1-4-17-9(7)8-6-11(8,3-5-18)10(16)19/h1-2,4-5,8H,3,6H2,(H2,16,19). The van der Waals surface area contributed by atoms with Crippen LogP contribution in [0.1, 0.15) is 30.0 Å². The van der Waals surface area contributed by atoms with Crippen molar-refractivity contribution in [2.75, 3.05) is 0 Å². The van der Waals surface area contributed by atoms with Crippen molar-refractivity contribution in [3.63, 3.8) is 0 Å². The second-order valence-electron chi connectivity index (χ2n) is 4.58. The summed E-state index contributed by atoms with van der Waals surface area (Å²) in [5, 5.41) is 0. The summed E-state index contributed by atoms with van der Waals surface area (Å²) in [4.78, 5) is 25.7. The molecule has 2 atom stereocenters. The van der Waals surface area contributed by atoms with Crippen LogP contribution in [0.4, 0.5) is 13.2 Å². The third kappa shape index (κ3) is 2.20. The largest absolute Gasteiger partial charge is 0.418 e. The number of hydrogen-bond acceptors (Lipinski definition) is 3. The Bertz CT molecular complexity index is 530. The van der Waals surface area contributed by atoms with Gasteiger partial charge in [0.1, 0.15) is 6.29 Å². The number of carbonyl (C=O) groups is 2. The minimum absolute atomic E-state index is 0.126. The number of aromatic nitrogens is 1. The zero-order valence-electron chi connectivity index (χ0n) is 9.78. The van der Waals surface area contributed by atoms with Crippen LogP contribution in [0.2, 0.25) is 0 Å². The average Bonchev–Trinajstić information content (AvgIpc) is 3.04. The molecule has 2 N–H and O–H groups in total. The number of nitrogens with two attached hydrogens (primary N) is 1. The Labute approximate surface area is 106 Å². The lowest BCUT2D eigenvalue weighted by atomic mass is 9.95. The van der Waals surface area contributed by atoms with Gasteiger partial charge >= 0.3 is 6.18 Å². The molecule has 1 aliphatic rings. The molecule has 1 aromatic rings. The Morgan fingerprint density at radius 2 is 2.26 bits per heavy atom. The highest BCUT2D eigenvalue weighted by molar-refractivity contribution is 5.88. The third-order valence-electron chi connectivity index (χ3n) is 3.49. The van der Waals surface area contributed by atoms with E-state index in [4.69, 9.17) is 5.73 Å². The lowest BCUT2D eigenvalue weighted by molar-refractivity contribution is -0.138. The van der Waals surface area contributed by atoms with Crippen molar-refractivity contribution in [2.45, 2.75) is 24.9 Å². The number of pyridine rings is 1. The summed E-state index contributed by atoms with van der Waals surface area (Å²) in [6, 6.07) is 2.09. The van der Waals surface area contributed by atoms with E-state index in [-0.39, 0.29) is 18.5 Å². The number of hydrogen-bond donors (Lipinski definition) is 1. The molecule has 1 saturated carbocycles. The van der Waals surface area contributed by atoms with Gasteiger partial charge in [0.05, 0.1) is 16.7 Å². The van der Waals surface area contributed by atoms with E-state index in [9.17, 15) is 22.8 Å². The van der Waals surface area contributed by atoms with Gasteiger partial charge < -0.3 is 10.5 Å². The van der Waals surface area contributed by atoms with Gasteiger partial charge in [0.15, 0.2) is 0 Å². The molecule has 0 saturated heterocycles. The molecule has 0 aromatic carbocycles. The highest BCUT2D eigenvalue weighted by Crippen LogP contribution is 2.61. The van der Waals surface area contributed by atoms with Crippen molar-refractivity contribution in [1.82, 2.24) is 4.98 Å². The average molecular weight is 272 g/mol. The molecule has 2 rings (SSSR count). The fourth-order valence-corrected chi connectivity index (χ4v) is 2.35. The van der Waals surface area contributed by atoms with E-state index in [1.807, 2.05) is 0 Å². The molecule has 1 fully saturated rings. The number of nitrogens with zero attached hydrogens (tertiary/aromatic N) is 1. The van der Waals surface area contributed by atoms with Crippen molar-refractivity contribution in [2.24, 2.45) is 11.1 Å². The van der Waals surface area contributed by atoms with Gasteiger partial charge in [-0.2, -0.15) is 13.2 Å². The Hall–Kier alpha value is -1.92. The third-order valence-corrected chi connectivity index (χ3v) is 3.49. The van der Waals surface area contributed by atoms with Gasteiger partial charge in [0.25, 0.3) is 0 Å². The Morgan fingerprint density at radius 3 is 2.79 bits per heavy atom. The van der Waals surface area contributed by atoms with Crippen LogP contribution in [0.25, 0.3) is 0 Å². The van der Waals surface area contributed by atoms with E-state index in [0.717, 1.165) is 6.07 Å². The molecule has 2 unspecified atom stereocenters. The summed E-state index contributed by atoms with van der Waals surface area (Å²) < 4.78 is 38.5. The minimum Gasteiger partial charge on any atom is -0.369 e. The van der Waals surface area contributed by atoms with Crippen LogP contribution in [0.15, 0.2) is 18.3 Å². The maximum Gasteiger partial charge on any atom is 0.418 e. The maximum atomic E-state index is 12.8. The van der Waals surface area contributed by atoms with Crippen LogP contribution in [-0.4, -0.2) is 17.2 Å². The monoisotopic (exact) mass is 272 g/mol. The number of amides is 1. The van der Waals surface area contributed by atoms with Crippen molar-refractivity contribution in [3.05, 3.63) is 29.6 Å². The van der Waals surface area contributed by atoms with Crippen molar-refractivity contribution in [1.29, 1.82) is 0 Å². The summed E-state index contributed by atoms with van der Waals surface area (Å²) in [5.41, 5.74) is 2.89. The van der Waals surface area contributed by atoms with Gasteiger partial charge in [0.2, 0.25) is 5.91 Å². The van der Waals surface area contributed by atoms with Crippen molar-refractivity contribution >= 4 is 12.2 Å². The van der Waals surface area contributed by atoms with Gasteiger partial charge in [-0.1, -0.05) is 0 Å². The molecule has 1 amide bonds. The number of rotatable bonds is 4. The van der Waals surface area contributed by atoms with Gasteiger partial charge in [-0.15, -0.1) is 0 Å². The van der Waals surface area contributed by atoms with Crippen LogP contribution in [0, 0.1) is 5.41 Å². The second-order valence-corrected chi connectivity index (χ2v) is 4.58. The summed E-state index contributed by atoms with van der Waals surface area (Å²) in [6.45, 7) is 0. The van der Waals surface area contributed by atoms with Crippen LogP contribution in [0.5, 0.6) is 0 Å². The highest BCUT2D eigenvalue weighted by Gasteiger charge is 2.61. The smallest absolute Gasteiger partial charge is 0.369 e. The van der Waals surface area contributed by atoms with E-state index in [1.165, 1.54) is 12.3 Å². The predicted molar refractivity (Wildman–Crippen MR) is 58.9 cm³/mol. The number of primary amides is 1. The summed E-state index contributed by atoms with van der Waals surface area (Å²) in [6.07, 6.45) is -2.87. The maximum absolute atomic E-state index is 12.8. The number of alkyl halides is 3. The van der Waals surface area contributed by atoms with Gasteiger partial charge in [0, 0.05) is 18.5 Å². The Kier molecular flexibility index (Phi) is 3.07. The molecule has 19 heavy (non-hydrogen) atoms. The van der Waals surface area contributed by atoms with Crippen molar-refractivity contribution in [3.8, 4) is 0 Å². The summed E-state index contributed by atoms with van der Waals surface area (Å²) in [7, 11) is 0. The summed E-state index contributed by atoms with van der Waals surface area (Å²) >= 11 is 0. The zero-order chi connectivity index (χ0) is 14.3. The van der Waals surface area contributed by atoms with Gasteiger partial charge in [-0.05, 0) is 18.6 Å². The molecule has 1 aliphatic carbocycles. The molecular weight excluding hydrogens is 261 g/mol. The first-order chi connectivity index (χ1) is 8.83. The molecule has 0 bridgehead atoms. The van der Waals surface area contributed by atoms with E-state index >= 15 is 0 Å². The fourth-order valence-electron chi connectivity index (χ4n) is 2.35. The van der Waals surface area contributed by atoms with Gasteiger partial charge in [-0.25, -0.2) is 0 Å². The van der Waals surface area contributed by atoms with Gasteiger partial charge in [-0.3, -0.25) is 9.78 Å². The molecule has 7 heteroatoms. The minimum atomic E-state index is -4.54. The molecular formula is C12H11F3N2O2. The normalized spacial score (nSPS) is 25.9. The highest BCUT2D eigenvalue weighted by atomic mass is 19.4. The molecule has 4 nitrogen and oxygen atoms in total. The number of carbonyl (C=O) groups excluding carboxylic acids is 2. The van der Waals surface area contributed by atoms with E-state index in [2.05, 4.69) is 4.98 Å². The quantitative estimate of drug-likeness (QED) is 0.847. The molecule has 0 spiro atoms. The molecule has 1 heterocycles. The van der Waals surface area contributed by atoms with E-state index < -0.39 is 29.0 Å². The Morgan fingerprint density at radius 1 is 1.58 bits per heavy atom. The van der Waals surface area contributed by atoms with Crippen molar-refractivity contribution < 1.29 is 22.8 Å². The summed E-state index contributed by atoms with van der Waals surface area (Å²) in [5.74, 6) is -1.50. The lowest BCUT2D eigenvalue weighted by Gasteiger charge is -2.14. The first kappa shape index (κ1) is 13.5.